The molecule has 1 amide bonds. The van der Waals surface area contributed by atoms with Crippen LogP contribution in [0.4, 0.5) is 5.69 Å². The number of carbonyl (C=O) groups excluding carboxylic acids is 1. The van der Waals surface area contributed by atoms with Crippen molar-refractivity contribution >= 4 is 47.4 Å². The molecule has 0 aromatic heterocycles. The molecule has 1 rings (SSSR count). The van der Waals surface area contributed by atoms with Gasteiger partial charge in [0.1, 0.15) is 6.42 Å². The zero-order valence-corrected chi connectivity index (χ0v) is 9.96. The van der Waals surface area contributed by atoms with Crippen LogP contribution in [0.3, 0.4) is 0 Å². The van der Waals surface area contributed by atoms with E-state index in [1.54, 1.807) is 6.07 Å². The average Bonchev–Trinajstić information content (AvgIpc) is 2.21. The van der Waals surface area contributed by atoms with Crippen molar-refractivity contribution in [3.63, 3.8) is 0 Å². The highest BCUT2D eigenvalue weighted by atomic mass is 35.5. The van der Waals surface area contributed by atoms with E-state index in [9.17, 15) is 4.79 Å². The molecule has 0 fully saturated rings. The Labute approximate surface area is 108 Å². The van der Waals surface area contributed by atoms with E-state index in [0.717, 1.165) is 0 Å². The largest absolute Gasteiger partial charge is 0.490 e. The van der Waals surface area contributed by atoms with Gasteiger partial charge in [-0.2, -0.15) is 5.26 Å². The first-order valence-corrected chi connectivity index (χ1v) is 5.23. The molecule has 0 spiro atoms. The molecular weight excluding hydrogens is 266 g/mol. The zero-order chi connectivity index (χ0) is 13.0. The maximum Gasteiger partial charge on any atom is 0.490 e. The smallest absolute Gasteiger partial charge is 0.423 e. The van der Waals surface area contributed by atoms with Crippen LogP contribution in [0.1, 0.15) is 6.42 Å². The van der Waals surface area contributed by atoms with E-state index in [0.29, 0.717) is 0 Å². The molecule has 3 N–H and O–H groups in total. The Balaban J connectivity index is 3.04. The molecule has 17 heavy (non-hydrogen) atoms. The molecule has 8 heteroatoms. The van der Waals surface area contributed by atoms with Crippen molar-refractivity contribution in [1.82, 2.24) is 0 Å². The molecule has 0 radical (unpaired) electrons. The minimum Gasteiger partial charge on any atom is -0.423 e. The lowest BCUT2D eigenvalue weighted by atomic mass is 9.80. The van der Waals surface area contributed by atoms with Gasteiger partial charge in [-0.1, -0.05) is 23.2 Å². The quantitative estimate of drug-likeness (QED) is 0.700. The number of nitrogens with zero attached hydrogens (tertiary/aromatic N) is 1. The van der Waals surface area contributed by atoms with Crippen molar-refractivity contribution in [1.29, 1.82) is 5.26 Å². The van der Waals surface area contributed by atoms with Crippen LogP contribution in [-0.4, -0.2) is 23.1 Å². The first kappa shape index (κ1) is 13.8. The average molecular weight is 273 g/mol. The highest BCUT2D eigenvalue weighted by molar-refractivity contribution is 6.63. The maximum absolute atomic E-state index is 11.2. The van der Waals surface area contributed by atoms with Crippen molar-refractivity contribution < 1.29 is 14.8 Å². The number of benzene rings is 1. The number of nitrogens with one attached hydrogen (secondary N) is 1. The van der Waals surface area contributed by atoms with Crippen molar-refractivity contribution in [3.8, 4) is 6.07 Å². The number of nitriles is 1. The van der Waals surface area contributed by atoms with E-state index >= 15 is 0 Å². The summed E-state index contributed by atoms with van der Waals surface area (Å²) < 4.78 is 0. The normalized spacial score (nSPS) is 9.59. The van der Waals surface area contributed by atoms with Crippen LogP contribution in [0.25, 0.3) is 0 Å². The van der Waals surface area contributed by atoms with Crippen molar-refractivity contribution in [2.75, 3.05) is 5.32 Å². The lowest BCUT2D eigenvalue weighted by molar-refractivity contribution is -0.115. The Hall–Kier alpha value is -1.26. The minimum absolute atomic E-state index is 0.0170. The molecule has 0 unspecified atom stereocenters. The van der Waals surface area contributed by atoms with Gasteiger partial charge >= 0.3 is 7.12 Å². The predicted octanol–water partition coefficient (Wildman–Crippen LogP) is 0.525. The third-order valence-corrected chi connectivity index (χ3v) is 2.52. The molecule has 5 nitrogen and oxygen atoms in total. The summed E-state index contributed by atoms with van der Waals surface area (Å²) >= 11 is 11.5. The van der Waals surface area contributed by atoms with E-state index in [4.69, 9.17) is 38.5 Å². The van der Waals surface area contributed by atoms with Crippen LogP contribution in [0, 0.1) is 11.3 Å². The first-order chi connectivity index (χ1) is 7.95. The fourth-order valence-corrected chi connectivity index (χ4v) is 1.65. The van der Waals surface area contributed by atoms with Crippen LogP contribution in [-0.2, 0) is 4.79 Å². The molecule has 1 aromatic rings. The van der Waals surface area contributed by atoms with E-state index in [1.165, 1.54) is 12.1 Å². The van der Waals surface area contributed by atoms with Gasteiger partial charge in [0.05, 0.1) is 16.8 Å². The second kappa shape index (κ2) is 5.89. The third kappa shape index (κ3) is 3.61. The van der Waals surface area contributed by atoms with Crippen molar-refractivity contribution in [3.05, 3.63) is 22.2 Å². The molecule has 0 aliphatic carbocycles. The van der Waals surface area contributed by atoms with E-state index < -0.39 is 13.0 Å². The number of carbonyl (C=O) groups is 1. The Morgan fingerprint density at radius 3 is 2.59 bits per heavy atom. The van der Waals surface area contributed by atoms with Crippen molar-refractivity contribution in [2.24, 2.45) is 0 Å². The summed E-state index contributed by atoms with van der Waals surface area (Å²) in [6.45, 7) is 0. The topological polar surface area (TPSA) is 93.4 Å². The molecule has 0 heterocycles. The summed E-state index contributed by atoms with van der Waals surface area (Å²) in [5, 5.41) is 28.9. The fourth-order valence-electron chi connectivity index (χ4n) is 1.13. The van der Waals surface area contributed by atoms with E-state index in [-0.39, 0.29) is 27.6 Å². The summed E-state index contributed by atoms with van der Waals surface area (Å²) in [4.78, 5) is 11.2. The van der Waals surface area contributed by atoms with Gasteiger partial charge in [0.2, 0.25) is 5.91 Å². The summed E-state index contributed by atoms with van der Waals surface area (Å²) in [6.07, 6.45) is -0.323. The van der Waals surface area contributed by atoms with Gasteiger partial charge in [0.25, 0.3) is 0 Å². The zero-order valence-electron chi connectivity index (χ0n) is 8.44. The second-order valence-corrected chi connectivity index (χ2v) is 3.92. The number of anilines is 1. The first-order valence-electron chi connectivity index (χ1n) is 4.47. The number of rotatable bonds is 3. The second-order valence-electron chi connectivity index (χ2n) is 3.11. The SMILES string of the molecule is N#CCC(=O)Nc1cc(B(O)O)c(Cl)cc1Cl. The number of hydrogen-bond acceptors (Lipinski definition) is 4. The van der Waals surface area contributed by atoms with Crippen LogP contribution < -0.4 is 10.8 Å². The summed E-state index contributed by atoms with van der Waals surface area (Å²) in [6, 6.07) is 4.19. The number of hydrogen-bond donors (Lipinski definition) is 3. The third-order valence-electron chi connectivity index (χ3n) is 1.88. The molecule has 0 saturated carbocycles. The molecular formula is C9H7BCl2N2O3. The lowest BCUT2D eigenvalue weighted by Crippen LogP contribution is -2.31. The standard InChI is InChI=1S/C9H7BCl2N2O3/c11-6-4-7(12)8(3-5(6)10(16)17)14-9(15)1-2-13/h3-4,16-17H,1H2,(H,14,15). The van der Waals surface area contributed by atoms with Crippen LogP contribution >= 0.6 is 23.2 Å². The Kier molecular flexibility index (Phi) is 4.79. The van der Waals surface area contributed by atoms with Crippen LogP contribution in [0.2, 0.25) is 10.0 Å². The van der Waals surface area contributed by atoms with Gasteiger partial charge in [-0.15, -0.1) is 0 Å². The van der Waals surface area contributed by atoms with Gasteiger partial charge < -0.3 is 15.4 Å². The van der Waals surface area contributed by atoms with E-state index in [2.05, 4.69) is 5.32 Å². The van der Waals surface area contributed by atoms with Gasteiger partial charge in [0.15, 0.2) is 0 Å². The molecule has 0 bridgehead atoms. The molecule has 0 saturated heterocycles. The highest BCUT2D eigenvalue weighted by Crippen LogP contribution is 2.24. The van der Waals surface area contributed by atoms with Crippen molar-refractivity contribution in [2.45, 2.75) is 6.42 Å². The Morgan fingerprint density at radius 1 is 1.41 bits per heavy atom. The minimum atomic E-state index is -1.77. The van der Waals surface area contributed by atoms with E-state index in [1.807, 2.05) is 0 Å². The van der Waals surface area contributed by atoms with Crippen LogP contribution in [0.15, 0.2) is 12.1 Å². The molecule has 88 valence electrons. The predicted molar refractivity (Wildman–Crippen MR) is 65.1 cm³/mol. The van der Waals surface area contributed by atoms with Gasteiger partial charge in [-0.05, 0) is 12.1 Å². The number of halogens is 2. The maximum atomic E-state index is 11.2. The molecule has 0 aliphatic rings. The lowest BCUT2D eigenvalue weighted by Gasteiger charge is -2.10. The highest BCUT2D eigenvalue weighted by Gasteiger charge is 2.18. The Bertz CT molecular complexity index is 488. The van der Waals surface area contributed by atoms with Gasteiger partial charge in [-0.3, -0.25) is 4.79 Å². The summed E-state index contributed by atoms with van der Waals surface area (Å²) in [5.74, 6) is -0.546. The molecule has 1 aromatic carbocycles. The van der Waals surface area contributed by atoms with Crippen LogP contribution in [0.5, 0.6) is 0 Å². The van der Waals surface area contributed by atoms with Gasteiger partial charge in [-0.25, -0.2) is 0 Å². The molecule has 0 atom stereocenters. The summed E-state index contributed by atoms with van der Waals surface area (Å²) in [7, 11) is -1.77. The summed E-state index contributed by atoms with van der Waals surface area (Å²) in [5.41, 5.74) is 0.183. The molecule has 0 aliphatic heterocycles. The monoisotopic (exact) mass is 272 g/mol. The van der Waals surface area contributed by atoms with Gasteiger partial charge in [0, 0.05) is 10.5 Å². The fraction of sp³-hybridized carbons (Fsp3) is 0.111. The Morgan fingerprint density at radius 2 is 2.06 bits per heavy atom. The number of amides is 1.